The van der Waals surface area contributed by atoms with Crippen molar-refractivity contribution in [2.75, 3.05) is 13.2 Å². The quantitative estimate of drug-likeness (QED) is 0.537. The molecule has 5 heteroatoms. The minimum Gasteiger partial charge on any atom is -0.444 e. The van der Waals surface area contributed by atoms with Crippen LogP contribution in [0.25, 0.3) is 0 Å². The van der Waals surface area contributed by atoms with Crippen molar-refractivity contribution in [1.29, 1.82) is 0 Å². The standard InChI is InChI=1S/C28H41NO3Si/c1-22-18-19-23(29(20-22)26(30)32-27(2,3)4)21-31-33(28(5,6)7,24-14-10-8-11-15-24)25-16-12-9-13-17-25/h8-17,22-23H,18-21H2,1-7H3/t22-,23-/m0/s1. The summed E-state index contributed by atoms with van der Waals surface area (Å²) in [7, 11) is -2.64. The first kappa shape index (κ1) is 25.5. The predicted octanol–water partition coefficient (Wildman–Crippen LogP) is 5.60. The van der Waals surface area contributed by atoms with Gasteiger partial charge in [0.2, 0.25) is 0 Å². The Balaban J connectivity index is 1.97. The number of ether oxygens (including phenoxy) is 1. The van der Waals surface area contributed by atoms with Gasteiger partial charge in [-0.2, -0.15) is 0 Å². The SMILES string of the molecule is C[C@H]1CC[C@@H](CO[Si](c2ccccc2)(c2ccccc2)C(C)(C)C)N(C(=O)OC(C)(C)C)C1. The highest BCUT2D eigenvalue weighted by Gasteiger charge is 2.50. The van der Waals surface area contributed by atoms with E-state index in [1.807, 2.05) is 25.7 Å². The number of hydrogen-bond donors (Lipinski definition) is 0. The molecule has 1 heterocycles. The molecule has 2 atom stereocenters. The van der Waals surface area contributed by atoms with Crippen molar-refractivity contribution in [3.63, 3.8) is 0 Å². The second-order valence-corrected chi connectivity index (χ2v) is 15.7. The van der Waals surface area contributed by atoms with Crippen LogP contribution in [0.4, 0.5) is 4.79 Å². The molecule has 0 spiro atoms. The highest BCUT2D eigenvalue weighted by Crippen LogP contribution is 2.37. The van der Waals surface area contributed by atoms with Crippen LogP contribution in [0.15, 0.2) is 60.7 Å². The van der Waals surface area contributed by atoms with E-state index in [1.165, 1.54) is 10.4 Å². The van der Waals surface area contributed by atoms with Gasteiger partial charge < -0.3 is 14.1 Å². The molecule has 0 N–H and O–H groups in total. The van der Waals surface area contributed by atoms with Crippen molar-refractivity contribution in [2.24, 2.45) is 5.92 Å². The first-order chi connectivity index (χ1) is 15.4. The molecule has 0 aliphatic carbocycles. The molecule has 2 aromatic carbocycles. The lowest BCUT2D eigenvalue weighted by Crippen LogP contribution is -2.67. The Morgan fingerprint density at radius 2 is 1.42 bits per heavy atom. The average Bonchev–Trinajstić information content (AvgIpc) is 2.74. The Hall–Kier alpha value is -2.11. The van der Waals surface area contributed by atoms with E-state index in [4.69, 9.17) is 9.16 Å². The van der Waals surface area contributed by atoms with Gasteiger partial charge in [-0.05, 0) is 54.9 Å². The van der Waals surface area contributed by atoms with E-state index in [2.05, 4.69) is 88.4 Å². The monoisotopic (exact) mass is 467 g/mol. The molecule has 1 fully saturated rings. The molecule has 1 saturated heterocycles. The zero-order valence-corrected chi connectivity index (χ0v) is 22.4. The molecule has 3 rings (SSSR count). The summed E-state index contributed by atoms with van der Waals surface area (Å²) in [6.45, 7) is 16.1. The Labute approximate surface area is 201 Å². The maximum Gasteiger partial charge on any atom is 0.410 e. The van der Waals surface area contributed by atoms with E-state index < -0.39 is 13.9 Å². The zero-order chi connectivity index (χ0) is 24.3. The summed E-state index contributed by atoms with van der Waals surface area (Å²) >= 11 is 0. The second kappa shape index (κ2) is 10.0. The summed E-state index contributed by atoms with van der Waals surface area (Å²) in [6, 6.07) is 21.4. The molecule has 180 valence electrons. The first-order valence-electron chi connectivity index (χ1n) is 12.2. The van der Waals surface area contributed by atoms with Crippen LogP contribution in [0.2, 0.25) is 5.04 Å². The summed E-state index contributed by atoms with van der Waals surface area (Å²) in [5, 5.41) is 2.43. The molecular weight excluding hydrogens is 426 g/mol. The Morgan fingerprint density at radius 3 is 1.88 bits per heavy atom. The first-order valence-corrected chi connectivity index (χ1v) is 14.1. The van der Waals surface area contributed by atoms with Crippen molar-refractivity contribution in [3.05, 3.63) is 60.7 Å². The minimum atomic E-state index is -2.64. The van der Waals surface area contributed by atoms with Crippen LogP contribution in [0.1, 0.15) is 61.3 Å². The van der Waals surface area contributed by atoms with Crippen LogP contribution in [0.5, 0.6) is 0 Å². The van der Waals surface area contributed by atoms with Crippen LogP contribution in [0, 0.1) is 5.92 Å². The van der Waals surface area contributed by atoms with Gasteiger partial charge in [0.1, 0.15) is 5.60 Å². The Kier molecular flexibility index (Phi) is 7.75. The highest BCUT2D eigenvalue weighted by molar-refractivity contribution is 6.99. The topological polar surface area (TPSA) is 38.8 Å². The van der Waals surface area contributed by atoms with Gasteiger partial charge in [-0.15, -0.1) is 0 Å². The summed E-state index contributed by atoms with van der Waals surface area (Å²) < 4.78 is 12.9. The van der Waals surface area contributed by atoms with Crippen molar-refractivity contribution < 1.29 is 14.0 Å². The summed E-state index contributed by atoms with van der Waals surface area (Å²) in [6.07, 6.45) is 1.79. The molecule has 1 aliphatic heterocycles. The number of amides is 1. The summed E-state index contributed by atoms with van der Waals surface area (Å²) in [4.78, 5) is 15.0. The fourth-order valence-corrected chi connectivity index (χ4v) is 9.51. The van der Waals surface area contributed by atoms with Crippen molar-refractivity contribution in [2.45, 2.75) is 78.0 Å². The summed E-state index contributed by atoms with van der Waals surface area (Å²) in [5.74, 6) is 0.460. The summed E-state index contributed by atoms with van der Waals surface area (Å²) in [5.41, 5.74) is -0.513. The maximum atomic E-state index is 13.1. The number of hydrogen-bond acceptors (Lipinski definition) is 3. The number of benzene rings is 2. The number of likely N-dealkylation sites (tertiary alicyclic amines) is 1. The Morgan fingerprint density at radius 1 is 0.909 bits per heavy atom. The largest absolute Gasteiger partial charge is 0.444 e. The molecule has 2 aromatic rings. The molecule has 4 nitrogen and oxygen atoms in total. The third-order valence-electron chi connectivity index (χ3n) is 6.48. The maximum absolute atomic E-state index is 13.1. The second-order valence-electron chi connectivity index (χ2n) is 11.4. The lowest BCUT2D eigenvalue weighted by Gasteiger charge is -2.45. The van der Waals surface area contributed by atoms with Gasteiger partial charge in [-0.25, -0.2) is 4.79 Å². The van der Waals surface area contributed by atoms with E-state index in [9.17, 15) is 4.79 Å². The van der Waals surface area contributed by atoms with Gasteiger partial charge >= 0.3 is 6.09 Å². The minimum absolute atomic E-state index is 0.0118. The van der Waals surface area contributed by atoms with Crippen LogP contribution in [-0.2, 0) is 9.16 Å². The fraction of sp³-hybridized carbons (Fsp3) is 0.536. The van der Waals surface area contributed by atoms with Crippen molar-refractivity contribution >= 4 is 24.8 Å². The van der Waals surface area contributed by atoms with E-state index in [0.29, 0.717) is 19.1 Å². The van der Waals surface area contributed by atoms with Crippen LogP contribution >= 0.6 is 0 Å². The fourth-order valence-electron chi connectivity index (χ4n) is 4.91. The third-order valence-corrected chi connectivity index (χ3v) is 11.5. The number of carbonyl (C=O) groups is 1. The smallest absolute Gasteiger partial charge is 0.410 e. The van der Waals surface area contributed by atoms with Gasteiger partial charge in [-0.1, -0.05) is 88.4 Å². The van der Waals surface area contributed by atoms with Crippen molar-refractivity contribution in [1.82, 2.24) is 4.90 Å². The van der Waals surface area contributed by atoms with Gasteiger partial charge in [0, 0.05) is 6.54 Å². The average molecular weight is 468 g/mol. The highest BCUT2D eigenvalue weighted by atomic mass is 28.4. The molecule has 0 saturated carbocycles. The Bertz CT molecular complexity index is 863. The van der Waals surface area contributed by atoms with Crippen LogP contribution < -0.4 is 10.4 Å². The molecule has 0 radical (unpaired) electrons. The molecule has 0 aromatic heterocycles. The predicted molar refractivity (Wildman–Crippen MR) is 139 cm³/mol. The number of rotatable bonds is 5. The van der Waals surface area contributed by atoms with Gasteiger partial charge in [0.25, 0.3) is 8.32 Å². The lowest BCUT2D eigenvalue weighted by molar-refractivity contribution is -0.00348. The van der Waals surface area contributed by atoms with E-state index in [1.54, 1.807) is 0 Å². The van der Waals surface area contributed by atoms with E-state index >= 15 is 0 Å². The van der Waals surface area contributed by atoms with Gasteiger partial charge in [-0.3, -0.25) is 0 Å². The molecule has 1 aliphatic rings. The van der Waals surface area contributed by atoms with Crippen molar-refractivity contribution in [3.8, 4) is 0 Å². The zero-order valence-electron chi connectivity index (χ0n) is 21.4. The third kappa shape index (κ3) is 5.88. The van der Waals surface area contributed by atoms with Crippen LogP contribution in [0.3, 0.4) is 0 Å². The van der Waals surface area contributed by atoms with Gasteiger partial charge in [0.15, 0.2) is 0 Å². The molecular formula is C28H41NO3Si. The lowest BCUT2D eigenvalue weighted by atomic mass is 9.95. The number of piperidine rings is 1. The van der Waals surface area contributed by atoms with Crippen LogP contribution in [-0.4, -0.2) is 44.1 Å². The number of nitrogens with zero attached hydrogens (tertiary/aromatic N) is 1. The van der Waals surface area contributed by atoms with Gasteiger partial charge in [0.05, 0.1) is 12.6 Å². The molecule has 1 amide bonds. The molecule has 0 unspecified atom stereocenters. The van der Waals surface area contributed by atoms with E-state index in [-0.39, 0.29) is 17.2 Å². The normalized spacial score (nSPS) is 19.9. The number of carbonyl (C=O) groups excluding carboxylic acids is 1. The molecule has 33 heavy (non-hydrogen) atoms. The molecule has 0 bridgehead atoms. The van der Waals surface area contributed by atoms with E-state index in [0.717, 1.165) is 12.8 Å².